The van der Waals surface area contributed by atoms with Crippen molar-refractivity contribution in [1.29, 1.82) is 0 Å². The summed E-state index contributed by atoms with van der Waals surface area (Å²) in [5.41, 5.74) is 15.0. The lowest BCUT2D eigenvalue weighted by atomic mass is 9.81. The van der Waals surface area contributed by atoms with E-state index in [1.54, 1.807) is 23.6 Å². The van der Waals surface area contributed by atoms with Gasteiger partial charge < -0.3 is 5.11 Å². The summed E-state index contributed by atoms with van der Waals surface area (Å²) >= 11 is 1.72. The molecule has 0 spiro atoms. The molecular weight excluding hydrogens is 713 g/mol. The van der Waals surface area contributed by atoms with Crippen molar-refractivity contribution < 1.29 is 5.11 Å². The molecule has 0 aliphatic heterocycles. The molecule has 3 nitrogen and oxygen atoms in total. The van der Waals surface area contributed by atoms with Gasteiger partial charge in [0.15, 0.2) is 0 Å². The average molecular weight is 771 g/mol. The highest BCUT2D eigenvalue weighted by Gasteiger charge is 2.23. The van der Waals surface area contributed by atoms with Crippen LogP contribution in [0.2, 0.25) is 0 Å². The monoisotopic (exact) mass is 770 g/mol. The highest BCUT2D eigenvalue weighted by atomic mass is 32.1. The third-order valence-electron chi connectivity index (χ3n) is 11.3. The number of benzene rings is 6. The van der Waals surface area contributed by atoms with Crippen LogP contribution in [0.15, 0.2) is 108 Å². The SMILES string of the molecule is CC(C)c1cc(C(C)C)c(-c2ccc(-c3cc(C(C)(C)C)cc4sc(-c5ccc6ccccc6c5N=Cc5cc(C(C)(C)C)ccc5O)nc34)cc2)c(C(C)C)c1. The normalized spacial score (nSPS) is 12.7. The molecule has 0 unspecified atom stereocenters. The van der Waals surface area contributed by atoms with Crippen molar-refractivity contribution in [3.63, 3.8) is 0 Å². The Labute approximate surface area is 344 Å². The van der Waals surface area contributed by atoms with Crippen LogP contribution in [-0.2, 0) is 10.8 Å². The third-order valence-corrected chi connectivity index (χ3v) is 12.4. The summed E-state index contributed by atoms with van der Waals surface area (Å²) in [6.45, 7) is 27.2. The number of hydrogen-bond acceptors (Lipinski definition) is 4. The largest absolute Gasteiger partial charge is 0.507 e. The number of fused-ring (bicyclic) bond motifs is 2. The van der Waals surface area contributed by atoms with Gasteiger partial charge in [0.05, 0.1) is 15.9 Å². The van der Waals surface area contributed by atoms with Crippen LogP contribution < -0.4 is 0 Å². The maximum absolute atomic E-state index is 10.9. The van der Waals surface area contributed by atoms with Crippen molar-refractivity contribution in [3.05, 3.63) is 137 Å². The van der Waals surface area contributed by atoms with Crippen LogP contribution in [0.3, 0.4) is 0 Å². The Morgan fingerprint density at radius 2 is 1.26 bits per heavy atom. The molecule has 1 N–H and O–H groups in total. The van der Waals surface area contributed by atoms with Gasteiger partial charge in [-0.1, -0.05) is 156 Å². The van der Waals surface area contributed by atoms with Gasteiger partial charge in [0, 0.05) is 28.3 Å². The van der Waals surface area contributed by atoms with E-state index < -0.39 is 0 Å². The second kappa shape index (κ2) is 15.4. The van der Waals surface area contributed by atoms with Gasteiger partial charge in [-0.3, -0.25) is 4.99 Å². The third kappa shape index (κ3) is 8.07. The van der Waals surface area contributed by atoms with Gasteiger partial charge in [-0.05, 0) is 109 Å². The minimum Gasteiger partial charge on any atom is -0.507 e. The molecule has 0 saturated carbocycles. The van der Waals surface area contributed by atoms with Crippen LogP contribution in [-0.4, -0.2) is 16.3 Å². The van der Waals surface area contributed by atoms with Crippen LogP contribution in [0, 0.1) is 0 Å². The number of phenolic OH excluding ortho intramolecular Hbond substituents is 1. The first-order chi connectivity index (χ1) is 26.9. The van der Waals surface area contributed by atoms with E-state index in [0.29, 0.717) is 23.3 Å². The summed E-state index contributed by atoms with van der Waals surface area (Å²) in [6, 6.07) is 37.3. The van der Waals surface area contributed by atoms with E-state index in [2.05, 4.69) is 168 Å². The number of aromatic hydroxyl groups is 1. The topological polar surface area (TPSA) is 45.5 Å². The van der Waals surface area contributed by atoms with Crippen LogP contribution in [0.1, 0.15) is 134 Å². The van der Waals surface area contributed by atoms with E-state index in [1.165, 1.54) is 33.4 Å². The lowest BCUT2D eigenvalue weighted by molar-refractivity contribution is 0.473. The van der Waals surface area contributed by atoms with E-state index in [9.17, 15) is 5.11 Å². The summed E-state index contributed by atoms with van der Waals surface area (Å²) in [5.74, 6) is 1.52. The van der Waals surface area contributed by atoms with E-state index in [0.717, 1.165) is 53.9 Å². The van der Waals surface area contributed by atoms with E-state index in [1.807, 2.05) is 12.1 Å². The first-order valence-electron chi connectivity index (χ1n) is 20.5. The number of rotatable bonds is 8. The Morgan fingerprint density at radius 1 is 0.632 bits per heavy atom. The molecule has 0 aliphatic carbocycles. The summed E-state index contributed by atoms with van der Waals surface area (Å²) in [5, 5.41) is 14.0. The fraction of sp³-hybridized carbons (Fsp3) is 0.321. The fourth-order valence-corrected chi connectivity index (χ4v) is 8.79. The Bertz CT molecular complexity index is 2600. The van der Waals surface area contributed by atoms with E-state index >= 15 is 0 Å². The van der Waals surface area contributed by atoms with Crippen LogP contribution in [0.4, 0.5) is 5.69 Å². The molecule has 0 atom stereocenters. The molecule has 0 aliphatic rings. The second-order valence-corrected chi connectivity index (χ2v) is 19.8. The summed E-state index contributed by atoms with van der Waals surface area (Å²) in [6.07, 6.45) is 1.81. The first kappa shape index (κ1) is 40.1. The molecule has 6 aromatic carbocycles. The number of aliphatic imine (C=N–C) groups is 1. The molecule has 1 heterocycles. The van der Waals surface area contributed by atoms with Crippen molar-refractivity contribution in [2.45, 2.75) is 112 Å². The molecule has 7 rings (SSSR count). The summed E-state index contributed by atoms with van der Waals surface area (Å²) in [4.78, 5) is 10.6. The van der Waals surface area contributed by atoms with Crippen molar-refractivity contribution in [1.82, 2.24) is 4.98 Å². The van der Waals surface area contributed by atoms with E-state index in [4.69, 9.17) is 9.98 Å². The number of thiazole rings is 1. The molecule has 0 saturated heterocycles. The average Bonchev–Trinajstić information content (AvgIpc) is 3.60. The molecule has 1 aromatic heterocycles. The number of phenols is 1. The Morgan fingerprint density at radius 3 is 1.88 bits per heavy atom. The predicted molar refractivity (Wildman–Crippen MR) is 248 cm³/mol. The van der Waals surface area contributed by atoms with Crippen molar-refractivity contribution in [2.75, 3.05) is 0 Å². The lowest BCUT2D eigenvalue weighted by Crippen LogP contribution is -2.11. The van der Waals surface area contributed by atoms with Gasteiger partial charge in [-0.2, -0.15) is 0 Å². The summed E-state index contributed by atoms with van der Waals surface area (Å²) in [7, 11) is 0. The quantitative estimate of drug-likeness (QED) is 0.156. The number of hydrogen-bond donors (Lipinski definition) is 1. The fourth-order valence-electron chi connectivity index (χ4n) is 7.73. The predicted octanol–water partition coefficient (Wildman–Crippen LogP) is 15.9. The highest BCUT2D eigenvalue weighted by molar-refractivity contribution is 7.21. The van der Waals surface area contributed by atoms with E-state index in [-0.39, 0.29) is 16.6 Å². The molecule has 0 bridgehead atoms. The standard InChI is InChI=1S/C53H58N2OS/c1-31(2)37-26-43(32(3)4)48(44(27-37)33(5)6)36-19-17-35(18-20-36)45-28-40(53(10,11)12)29-47-50(45)55-51(57-47)42-23-21-34-15-13-14-16-41(34)49(42)54-30-38-25-39(52(7,8)9)22-24-46(38)56/h13-33,56H,1-12H3. The molecule has 0 radical (unpaired) electrons. The molecule has 7 aromatic rings. The molecule has 292 valence electrons. The maximum Gasteiger partial charge on any atom is 0.126 e. The zero-order valence-corrected chi connectivity index (χ0v) is 36.7. The zero-order valence-electron chi connectivity index (χ0n) is 35.9. The number of aromatic nitrogens is 1. The minimum absolute atomic E-state index is 0.0501. The van der Waals surface area contributed by atoms with Crippen LogP contribution in [0.5, 0.6) is 5.75 Å². The van der Waals surface area contributed by atoms with Gasteiger partial charge in [0.2, 0.25) is 0 Å². The Kier molecular flexibility index (Phi) is 10.8. The smallest absolute Gasteiger partial charge is 0.126 e. The number of nitrogens with zero attached hydrogens (tertiary/aromatic N) is 2. The molecule has 57 heavy (non-hydrogen) atoms. The van der Waals surface area contributed by atoms with Crippen molar-refractivity contribution in [2.24, 2.45) is 4.99 Å². The Hall–Kier alpha value is -5.06. The maximum atomic E-state index is 10.9. The molecule has 0 amide bonds. The second-order valence-electron chi connectivity index (χ2n) is 18.7. The van der Waals surface area contributed by atoms with Gasteiger partial charge in [-0.15, -0.1) is 11.3 Å². The molecule has 4 heteroatoms. The van der Waals surface area contributed by atoms with Gasteiger partial charge in [-0.25, -0.2) is 4.98 Å². The van der Waals surface area contributed by atoms with Crippen LogP contribution in [0.25, 0.3) is 53.8 Å². The van der Waals surface area contributed by atoms with Gasteiger partial charge in [0.1, 0.15) is 10.8 Å². The van der Waals surface area contributed by atoms with Crippen molar-refractivity contribution in [3.8, 4) is 38.6 Å². The lowest BCUT2D eigenvalue weighted by Gasteiger charge is -2.23. The highest BCUT2D eigenvalue weighted by Crippen LogP contribution is 2.45. The minimum atomic E-state index is -0.0566. The van der Waals surface area contributed by atoms with Crippen molar-refractivity contribution >= 4 is 44.2 Å². The first-order valence-corrected chi connectivity index (χ1v) is 21.4. The Balaban J connectivity index is 1.39. The van der Waals surface area contributed by atoms with Crippen LogP contribution >= 0.6 is 11.3 Å². The molecule has 0 fully saturated rings. The zero-order chi connectivity index (χ0) is 41.0. The van der Waals surface area contributed by atoms with Gasteiger partial charge in [0.25, 0.3) is 0 Å². The molecular formula is C53H58N2OS. The summed E-state index contributed by atoms with van der Waals surface area (Å²) < 4.78 is 1.16. The van der Waals surface area contributed by atoms with Gasteiger partial charge >= 0.3 is 0 Å².